The second kappa shape index (κ2) is 5.87. The first-order valence-corrected chi connectivity index (χ1v) is 7.20. The van der Waals surface area contributed by atoms with E-state index in [9.17, 15) is 4.79 Å². The first-order chi connectivity index (χ1) is 10.2. The molecule has 0 unspecified atom stereocenters. The van der Waals surface area contributed by atoms with Gasteiger partial charge in [0.1, 0.15) is 0 Å². The minimum atomic E-state index is 0.0647. The quantitative estimate of drug-likeness (QED) is 0.879. The monoisotopic (exact) mass is 281 g/mol. The van der Waals surface area contributed by atoms with E-state index in [0.29, 0.717) is 12.2 Å². The van der Waals surface area contributed by atoms with Crippen LogP contribution in [0.5, 0.6) is 0 Å². The number of carbonyl (C=O) groups excluding carboxylic acids is 1. The second-order valence-corrected chi connectivity index (χ2v) is 5.29. The molecule has 2 amide bonds. The summed E-state index contributed by atoms with van der Waals surface area (Å²) in [7, 11) is 0. The Morgan fingerprint density at radius 2 is 1.67 bits per heavy atom. The Labute approximate surface area is 124 Å². The van der Waals surface area contributed by atoms with Gasteiger partial charge in [-0.25, -0.2) is 4.79 Å². The van der Waals surface area contributed by atoms with Crippen LogP contribution in [0.2, 0.25) is 0 Å². The average molecular weight is 281 g/mol. The van der Waals surface area contributed by atoms with E-state index >= 15 is 0 Å². The van der Waals surface area contributed by atoms with Crippen LogP contribution in [0.25, 0.3) is 0 Å². The minimum absolute atomic E-state index is 0.0647. The maximum absolute atomic E-state index is 12.6. The number of amides is 2. The molecule has 0 atom stereocenters. The van der Waals surface area contributed by atoms with E-state index in [1.54, 1.807) is 0 Å². The number of hydrogen-bond acceptors (Lipinski definition) is 2. The molecule has 2 aromatic carbocycles. The van der Waals surface area contributed by atoms with Gasteiger partial charge in [0.05, 0.1) is 0 Å². The predicted molar refractivity (Wildman–Crippen MR) is 85.1 cm³/mol. The van der Waals surface area contributed by atoms with Gasteiger partial charge in [0.2, 0.25) is 0 Å². The molecule has 0 spiro atoms. The first kappa shape index (κ1) is 13.5. The van der Waals surface area contributed by atoms with Crippen molar-refractivity contribution in [1.29, 1.82) is 0 Å². The fraction of sp³-hybridized carbons (Fsp3) is 0.235. The molecule has 4 nitrogen and oxygen atoms in total. The summed E-state index contributed by atoms with van der Waals surface area (Å²) in [5.74, 6) is 0. The van der Waals surface area contributed by atoms with Crippen LogP contribution in [0.4, 0.5) is 16.2 Å². The lowest BCUT2D eigenvalue weighted by Crippen LogP contribution is -2.49. The summed E-state index contributed by atoms with van der Waals surface area (Å²) in [5.41, 5.74) is 8.49. The highest BCUT2D eigenvalue weighted by Crippen LogP contribution is 2.22. The van der Waals surface area contributed by atoms with Crippen LogP contribution < -0.4 is 10.6 Å². The van der Waals surface area contributed by atoms with Crippen LogP contribution in [-0.2, 0) is 6.54 Å². The number of nitrogen functional groups attached to an aromatic ring is 1. The van der Waals surface area contributed by atoms with E-state index < -0.39 is 0 Å². The third kappa shape index (κ3) is 2.99. The molecule has 0 aromatic heterocycles. The molecule has 2 aromatic rings. The van der Waals surface area contributed by atoms with Gasteiger partial charge >= 0.3 is 6.03 Å². The van der Waals surface area contributed by atoms with Crippen molar-refractivity contribution >= 4 is 17.4 Å². The summed E-state index contributed by atoms with van der Waals surface area (Å²) in [6.45, 7) is 2.22. The number of benzene rings is 2. The molecule has 1 aliphatic rings. The second-order valence-electron chi connectivity index (χ2n) is 5.29. The van der Waals surface area contributed by atoms with Crippen molar-refractivity contribution in [3.63, 3.8) is 0 Å². The van der Waals surface area contributed by atoms with Crippen LogP contribution in [-0.4, -0.2) is 24.0 Å². The van der Waals surface area contributed by atoms with Crippen molar-refractivity contribution in [1.82, 2.24) is 4.90 Å². The molecule has 4 heteroatoms. The van der Waals surface area contributed by atoms with Crippen molar-refractivity contribution in [2.75, 3.05) is 23.7 Å². The molecule has 1 saturated heterocycles. The van der Waals surface area contributed by atoms with E-state index in [2.05, 4.69) is 12.1 Å². The van der Waals surface area contributed by atoms with Crippen molar-refractivity contribution in [2.45, 2.75) is 13.0 Å². The third-order valence-corrected chi connectivity index (χ3v) is 3.73. The summed E-state index contributed by atoms with van der Waals surface area (Å²) >= 11 is 0. The van der Waals surface area contributed by atoms with Gasteiger partial charge in [-0.05, 0) is 36.2 Å². The summed E-state index contributed by atoms with van der Waals surface area (Å²) in [5, 5.41) is 0. The van der Waals surface area contributed by atoms with Crippen molar-refractivity contribution in [3.05, 3.63) is 60.2 Å². The van der Waals surface area contributed by atoms with E-state index in [1.807, 2.05) is 52.3 Å². The molecule has 1 fully saturated rings. The van der Waals surface area contributed by atoms with E-state index in [-0.39, 0.29) is 6.03 Å². The van der Waals surface area contributed by atoms with Crippen molar-refractivity contribution < 1.29 is 4.79 Å². The SMILES string of the molecule is Nc1ccc(N2CCCN(Cc3ccccc3)C2=O)cc1. The summed E-state index contributed by atoms with van der Waals surface area (Å²) in [6.07, 6.45) is 0.975. The third-order valence-electron chi connectivity index (χ3n) is 3.73. The van der Waals surface area contributed by atoms with E-state index in [4.69, 9.17) is 5.73 Å². The average Bonchev–Trinajstić information content (AvgIpc) is 2.52. The number of nitrogens with zero attached hydrogens (tertiary/aromatic N) is 2. The van der Waals surface area contributed by atoms with Gasteiger partial charge in [-0.2, -0.15) is 0 Å². The lowest BCUT2D eigenvalue weighted by molar-refractivity contribution is 0.192. The number of nitrogens with two attached hydrogens (primary N) is 1. The standard InChI is InChI=1S/C17H19N3O/c18-15-7-9-16(10-8-15)20-12-4-11-19(17(20)21)13-14-5-2-1-3-6-14/h1-3,5-10H,4,11-13,18H2. The zero-order chi connectivity index (χ0) is 14.7. The summed E-state index contributed by atoms with van der Waals surface area (Å²) in [4.78, 5) is 16.4. The van der Waals surface area contributed by atoms with Crippen molar-refractivity contribution in [3.8, 4) is 0 Å². The van der Waals surface area contributed by atoms with Gasteiger partial charge in [-0.1, -0.05) is 30.3 Å². The molecule has 0 bridgehead atoms. The molecular formula is C17H19N3O. The lowest BCUT2D eigenvalue weighted by Gasteiger charge is -2.35. The summed E-state index contributed by atoms with van der Waals surface area (Å²) in [6, 6.07) is 17.6. The Kier molecular flexibility index (Phi) is 3.77. The number of rotatable bonds is 3. The van der Waals surface area contributed by atoms with Gasteiger partial charge in [0.15, 0.2) is 0 Å². The maximum atomic E-state index is 12.6. The zero-order valence-electron chi connectivity index (χ0n) is 11.9. The minimum Gasteiger partial charge on any atom is -0.399 e. The normalized spacial score (nSPS) is 15.3. The molecule has 1 heterocycles. The zero-order valence-corrected chi connectivity index (χ0v) is 11.9. The molecule has 3 rings (SSSR count). The van der Waals surface area contributed by atoms with E-state index in [1.165, 1.54) is 0 Å². The van der Waals surface area contributed by atoms with Gasteiger partial charge < -0.3 is 10.6 Å². The Bertz CT molecular complexity index is 610. The molecule has 0 aliphatic carbocycles. The largest absolute Gasteiger partial charge is 0.399 e. The fourth-order valence-corrected chi connectivity index (χ4v) is 2.63. The Morgan fingerprint density at radius 1 is 0.952 bits per heavy atom. The molecule has 1 aliphatic heterocycles. The van der Waals surface area contributed by atoms with Gasteiger partial charge in [0, 0.05) is 31.0 Å². The lowest BCUT2D eigenvalue weighted by atomic mass is 10.2. The Balaban J connectivity index is 1.76. The number of carbonyl (C=O) groups is 1. The smallest absolute Gasteiger partial charge is 0.324 e. The Hall–Kier alpha value is -2.49. The highest BCUT2D eigenvalue weighted by Gasteiger charge is 2.26. The van der Waals surface area contributed by atoms with E-state index in [0.717, 1.165) is 30.8 Å². The maximum Gasteiger partial charge on any atom is 0.324 e. The van der Waals surface area contributed by atoms with Gasteiger partial charge in [-0.3, -0.25) is 4.90 Å². The molecule has 2 N–H and O–H groups in total. The summed E-state index contributed by atoms with van der Waals surface area (Å²) < 4.78 is 0. The number of anilines is 2. The number of hydrogen-bond donors (Lipinski definition) is 1. The molecule has 21 heavy (non-hydrogen) atoms. The fourth-order valence-electron chi connectivity index (χ4n) is 2.63. The highest BCUT2D eigenvalue weighted by molar-refractivity contribution is 5.92. The van der Waals surface area contributed by atoms with Crippen LogP contribution in [0.15, 0.2) is 54.6 Å². The topological polar surface area (TPSA) is 49.6 Å². The van der Waals surface area contributed by atoms with Crippen LogP contribution in [0.1, 0.15) is 12.0 Å². The number of urea groups is 1. The molecular weight excluding hydrogens is 262 g/mol. The van der Waals surface area contributed by atoms with Crippen LogP contribution >= 0.6 is 0 Å². The molecule has 0 radical (unpaired) electrons. The Morgan fingerprint density at radius 3 is 2.38 bits per heavy atom. The first-order valence-electron chi connectivity index (χ1n) is 7.20. The van der Waals surface area contributed by atoms with Gasteiger partial charge in [-0.15, -0.1) is 0 Å². The van der Waals surface area contributed by atoms with Gasteiger partial charge in [0.25, 0.3) is 0 Å². The van der Waals surface area contributed by atoms with Crippen LogP contribution in [0.3, 0.4) is 0 Å². The highest BCUT2D eigenvalue weighted by atomic mass is 16.2. The molecule has 0 saturated carbocycles. The molecule has 108 valence electrons. The van der Waals surface area contributed by atoms with Crippen LogP contribution in [0, 0.1) is 0 Å². The van der Waals surface area contributed by atoms with Crippen molar-refractivity contribution in [2.24, 2.45) is 0 Å². The predicted octanol–water partition coefficient (Wildman–Crippen LogP) is 3.10.